The molecule has 1 saturated heterocycles. The molecule has 2 aliphatic rings. The lowest BCUT2D eigenvalue weighted by atomic mass is 10.1. The summed E-state index contributed by atoms with van der Waals surface area (Å²) in [4.78, 5) is 29.4. The third-order valence-electron chi connectivity index (χ3n) is 6.44. The molecular weight excluding hydrogens is 398 g/mol. The third-order valence-corrected chi connectivity index (χ3v) is 6.44. The first kappa shape index (κ1) is 20.3. The molecule has 162 valence electrons. The highest BCUT2D eigenvalue weighted by Crippen LogP contribution is 2.47. The zero-order valence-corrected chi connectivity index (χ0v) is 18.0. The molecule has 0 bridgehead atoms. The Morgan fingerprint density at radius 1 is 0.750 bits per heavy atom. The molecule has 2 fully saturated rings. The maximum Gasteiger partial charge on any atom is 0.253 e. The van der Waals surface area contributed by atoms with Crippen LogP contribution in [0.1, 0.15) is 28.3 Å². The molecule has 5 rings (SSSR count). The molecule has 5 heteroatoms. The van der Waals surface area contributed by atoms with Crippen molar-refractivity contribution in [3.63, 3.8) is 0 Å². The van der Waals surface area contributed by atoms with E-state index in [1.54, 1.807) is 0 Å². The number of carbonyl (C=O) groups excluding carboxylic acids is 2. The van der Waals surface area contributed by atoms with Gasteiger partial charge in [0, 0.05) is 49.0 Å². The van der Waals surface area contributed by atoms with E-state index in [1.165, 1.54) is 5.56 Å². The average molecular weight is 426 g/mol. The average Bonchev–Trinajstić information content (AvgIpc) is 3.67. The number of piperazine rings is 1. The van der Waals surface area contributed by atoms with E-state index in [1.807, 2.05) is 77.7 Å². The first-order valence-electron chi connectivity index (χ1n) is 11.2. The number of nitrogens with zero attached hydrogens (tertiary/aromatic N) is 2. The van der Waals surface area contributed by atoms with Crippen LogP contribution in [0.2, 0.25) is 0 Å². The van der Waals surface area contributed by atoms with Gasteiger partial charge in [0.1, 0.15) is 0 Å². The second-order valence-corrected chi connectivity index (χ2v) is 8.54. The highest BCUT2D eigenvalue weighted by molar-refractivity contribution is 5.95. The highest BCUT2D eigenvalue weighted by atomic mass is 16.2. The van der Waals surface area contributed by atoms with Crippen molar-refractivity contribution in [2.24, 2.45) is 5.92 Å². The molecule has 2 atom stereocenters. The second-order valence-electron chi connectivity index (χ2n) is 8.54. The minimum Gasteiger partial charge on any atom is -0.368 e. The van der Waals surface area contributed by atoms with Crippen LogP contribution in [0.4, 0.5) is 11.4 Å². The summed E-state index contributed by atoms with van der Waals surface area (Å²) in [6, 6.07) is 27.7. The van der Waals surface area contributed by atoms with Crippen molar-refractivity contribution in [1.29, 1.82) is 0 Å². The standard InChI is InChI=1S/C27H27N3O2/c31-26(25-19-24(25)20-7-3-1-4-8-20)28-22-11-13-23(14-12-22)29-15-17-30(18-16-29)27(32)21-9-5-2-6-10-21/h1-14,24-25H,15-19H2,(H,28,31). The van der Waals surface area contributed by atoms with E-state index in [0.29, 0.717) is 19.0 Å². The van der Waals surface area contributed by atoms with Crippen LogP contribution in [0.3, 0.4) is 0 Å². The summed E-state index contributed by atoms with van der Waals surface area (Å²) in [5.74, 6) is 0.592. The number of amides is 2. The molecule has 2 unspecified atom stereocenters. The van der Waals surface area contributed by atoms with Crippen molar-refractivity contribution in [2.45, 2.75) is 12.3 Å². The molecule has 0 radical (unpaired) electrons. The smallest absolute Gasteiger partial charge is 0.253 e. The number of hydrogen-bond donors (Lipinski definition) is 1. The Bertz CT molecular complexity index is 1070. The molecule has 3 aromatic rings. The maximum absolute atomic E-state index is 12.6. The van der Waals surface area contributed by atoms with Crippen LogP contribution in [-0.2, 0) is 4.79 Å². The van der Waals surface area contributed by atoms with Gasteiger partial charge in [0.2, 0.25) is 5.91 Å². The van der Waals surface area contributed by atoms with Crippen molar-refractivity contribution >= 4 is 23.2 Å². The monoisotopic (exact) mass is 425 g/mol. The van der Waals surface area contributed by atoms with Gasteiger partial charge >= 0.3 is 0 Å². The molecule has 3 aromatic carbocycles. The van der Waals surface area contributed by atoms with Crippen molar-refractivity contribution in [2.75, 3.05) is 36.4 Å². The van der Waals surface area contributed by atoms with Gasteiger partial charge in [-0.3, -0.25) is 9.59 Å². The zero-order valence-electron chi connectivity index (χ0n) is 18.0. The van der Waals surface area contributed by atoms with Crippen LogP contribution < -0.4 is 10.2 Å². The topological polar surface area (TPSA) is 52.7 Å². The summed E-state index contributed by atoms with van der Waals surface area (Å²) in [7, 11) is 0. The van der Waals surface area contributed by atoms with E-state index in [-0.39, 0.29) is 17.7 Å². The lowest BCUT2D eigenvalue weighted by Gasteiger charge is -2.36. The minimum absolute atomic E-state index is 0.0623. The fraction of sp³-hybridized carbons (Fsp3) is 0.259. The van der Waals surface area contributed by atoms with Gasteiger partial charge in [-0.2, -0.15) is 0 Å². The first-order chi connectivity index (χ1) is 15.7. The molecule has 1 aliphatic heterocycles. The van der Waals surface area contributed by atoms with Gasteiger partial charge in [-0.1, -0.05) is 48.5 Å². The van der Waals surface area contributed by atoms with Gasteiger partial charge in [-0.05, 0) is 54.3 Å². The van der Waals surface area contributed by atoms with Crippen LogP contribution in [0, 0.1) is 5.92 Å². The Balaban J connectivity index is 1.13. The van der Waals surface area contributed by atoms with E-state index in [4.69, 9.17) is 0 Å². The minimum atomic E-state index is 0.0623. The molecule has 0 aromatic heterocycles. The lowest BCUT2D eigenvalue weighted by molar-refractivity contribution is -0.117. The summed E-state index contributed by atoms with van der Waals surface area (Å²) < 4.78 is 0. The molecule has 32 heavy (non-hydrogen) atoms. The van der Waals surface area contributed by atoms with E-state index in [9.17, 15) is 9.59 Å². The second kappa shape index (κ2) is 8.87. The Kier molecular flexibility index (Phi) is 5.63. The van der Waals surface area contributed by atoms with Gasteiger partial charge in [0.15, 0.2) is 0 Å². The Morgan fingerprint density at radius 2 is 1.38 bits per heavy atom. The van der Waals surface area contributed by atoms with Crippen LogP contribution in [0.25, 0.3) is 0 Å². The third kappa shape index (κ3) is 4.37. The van der Waals surface area contributed by atoms with Crippen molar-refractivity contribution in [1.82, 2.24) is 4.90 Å². The quantitative estimate of drug-likeness (QED) is 0.660. The van der Waals surface area contributed by atoms with Crippen LogP contribution in [0.15, 0.2) is 84.9 Å². The Labute approximate surface area is 188 Å². The number of rotatable bonds is 5. The van der Waals surface area contributed by atoms with Crippen LogP contribution in [0.5, 0.6) is 0 Å². The number of carbonyl (C=O) groups is 2. The number of anilines is 2. The molecule has 0 spiro atoms. The lowest BCUT2D eigenvalue weighted by Crippen LogP contribution is -2.48. The molecule has 5 nitrogen and oxygen atoms in total. The van der Waals surface area contributed by atoms with Crippen molar-refractivity contribution in [3.8, 4) is 0 Å². The Hall–Kier alpha value is -3.60. The van der Waals surface area contributed by atoms with Crippen molar-refractivity contribution in [3.05, 3.63) is 96.1 Å². The number of nitrogens with one attached hydrogen (secondary N) is 1. The number of benzene rings is 3. The zero-order chi connectivity index (χ0) is 21.9. The summed E-state index contributed by atoms with van der Waals surface area (Å²) in [6.07, 6.45) is 0.917. The fourth-order valence-electron chi connectivity index (χ4n) is 4.47. The molecule has 1 aliphatic carbocycles. The van der Waals surface area contributed by atoms with Gasteiger partial charge in [0.05, 0.1) is 0 Å². The summed E-state index contributed by atoms with van der Waals surface area (Å²) in [5, 5.41) is 3.06. The summed E-state index contributed by atoms with van der Waals surface area (Å²) in [5.41, 5.74) is 3.93. The van der Waals surface area contributed by atoms with E-state index >= 15 is 0 Å². The highest BCUT2D eigenvalue weighted by Gasteiger charge is 2.43. The van der Waals surface area contributed by atoms with Crippen molar-refractivity contribution < 1.29 is 9.59 Å². The van der Waals surface area contributed by atoms with Gasteiger partial charge in [0.25, 0.3) is 5.91 Å². The predicted octanol–water partition coefficient (Wildman–Crippen LogP) is 4.39. The molecular formula is C27H27N3O2. The predicted molar refractivity (Wildman–Crippen MR) is 127 cm³/mol. The largest absolute Gasteiger partial charge is 0.368 e. The van der Waals surface area contributed by atoms with E-state index < -0.39 is 0 Å². The maximum atomic E-state index is 12.6. The van der Waals surface area contributed by atoms with Gasteiger partial charge in [-0.25, -0.2) is 0 Å². The number of hydrogen-bond acceptors (Lipinski definition) is 3. The van der Waals surface area contributed by atoms with Gasteiger partial charge in [-0.15, -0.1) is 0 Å². The van der Waals surface area contributed by atoms with E-state index in [0.717, 1.165) is 36.4 Å². The normalized spacial score (nSPS) is 20.0. The fourth-order valence-corrected chi connectivity index (χ4v) is 4.47. The Morgan fingerprint density at radius 3 is 2.03 bits per heavy atom. The summed E-state index contributed by atoms with van der Waals surface area (Å²) in [6.45, 7) is 3.00. The first-order valence-corrected chi connectivity index (χ1v) is 11.2. The molecule has 1 saturated carbocycles. The van der Waals surface area contributed by atoms with Crippen LogP contribution >= 0.6 is 0 Å². The molecule has 1 N–H and O–H groups in total. The summed E-state index contributed by atoms with van der Waals surface area (Å²) >= 11 is 0. The van der Waals surface area contributed by atoms with E-state index in [2.05, 4.69) is 22.3 Å². The van der Waals surface area contributed by atoms with Gasteiger partial charge < -0.3 is 15.1 Å². The SMILES string of the molecule is O=C(Nc1ccc(N2CCN(C(=O)c3ccccc3)CC2)cc1)C1CC1c1ccccc1. The molecule has 1 heterocycles. The van der Waals surface area contributed by atoms with Crippen LogP contribution in [-0.4, -0.2) is 42.9 Å². The molecule has 2 amide bonds.